The predicted octanol–water partition coefficient (Wildman–Crippen LogP) is 1.03. The summed E-state index contributed by atoms with van der Waals surface area (Å²) in [5.41, 5.74) is 0. The fourth-order valence-electron chi connectivity index (χ4n) is 5.51. The maximum atomic E-state index is 5.02. The molecule has 6 nitrogen and oxygen atoms in total. The van der Waals surface area contributed by atoms with Crippen molar-refractivity contribution in [1.82, 2.24) is 14.7 Å². The topological polar surface area (TPSA) is 9.72 Å². The quantitative estimate of drug-likeness (QED) is 0.214. The minimum Gasteiger partial charge on any atom is -0.277 e. The van der Waals surface area contributed by atoms with Gasteiger partial charge in [0, 0.05) is 163 Å². The summed E-state index contributed by atoms with van der Waals surface area (Å²) in [6.07, 6.45) is 17.9. The highest BCUT2D eigenvalue weighted by Gasteiger charge is 2.25. The minimum atomic E-state index is 0.488. The van der Waals surface area contributed by atoms with Crippen molar-refractivity contribution in [3.05, 3.63) is 0 Å². The molecule has 0 N–H and O–H groups in total. The van der Waals surface area contributed by atoms with Gasteiger partial charge in [0.15, 0.2) is 18.1 Å². The maximum Gasteiger partial charge on any atom is 0.151 e. The number of hydrogen-bond acceptors (Lipinski definition) is 3. The Morgan fingerprint density at radius 2 is 0.372 bits per heavy atom. The SMILES string of the molecule is C#CC#CC#CC#CC#CC#CC#CC#CC#C[N+](C)(C)CCCN1CN(CCC[N+](C)(C)C#CC#CC#CC#CC#CC#CC#CC#CC#C)CN(CCC[N+](C)(C)C#CC#CC#CC#CC#CC#CC#CC#CC#C)C1. The number of terminal acetylenes is 3. The van der Waals surface area contributed by atoms with Gasteiger partial charge in [-0.1, -0.05) is 0 Å². The van der Waals surface area contributed by atoms with Gasteiger partial charge in [0.2, 0.25) is 0 Å². The molecule has 0 aromatic rings. The van der Waals surface area contributed by atoms with E-state index in [9.17, 15) is 0 Å². The highest BCUT2D eigenvalue weighted by atomic mass is 15.5. The second kappa shape index (κ2) is 43.7. The van der Waals surface area contributed by atoms with Crippen molar-refractivity contribution in [2.45, 2.75) is 19.3 Å². The Morgan fingerprint density at radius 3 is 0.526 bits per heavy atom. The molecule has 78 heavy (non-hydrogen) atoms. The van der Waals surface area contributed by atoms with E-state index in [1.54, 1.807) is 0 Å². The van der Waals surface area contributed by atoms with E-state index in [0.717, 1.165) is 78.5 Å². The lowest BCUT2D eigenvalue weighted by molar-refractivity contribution is -0.822. The first-order chi connectivity index (χ1) is 37.9. The molecule has 0 saturated carbocycles. The first-order valence-electron chi connectivity index (χ1n) is 23.0. The van der Waals surface area contributed by atoms with Crippen LogP contribution in [0, 0.1) is 322 Å². The van der Waals surface area contributed by atoms with Gasteiger partial charge in [-0.3, -0.25) is 28.1 Å². The summed E-state index contributed by atoms with van der Waals surface area (Å²) >= 11 is 0. The Labute approximate surface area is 468 Å². The van der Waals surface area contributed by atoms with E-state index in [1.807, 2.05) is 0 Å². The average molecular weight is 994 g/mol. The Morgan fingerprint density at radius 1 is 0.231 bits per heavy atom. The lowest BCUT2D eigenvalue weighted by Crippen LogP contribution is -2.56. The molecule has 0 amide bonds. The zero-order chi connectivity index (χ0) is 56.8. The molecular formula is C72H45N6+3. The molecule has 0 spiro atoms. The van der Waals surface area contributed by atoms with Gasteiger partial charge in [0.05, 0.1) is 99.7 Å². The van der Waals surface area contributed by atoms with Crippen LogP contribution in [-0.4, -0.2) is 130 Å². The molecule has 1 aliphatic heterocycles. The highest BCUT2D eigenvalue weighted by Crippen LogP contribution is 2.12. The molecule has 6 heteroatoms. The molecule has 360 valence electrons. The Bertz CT molecular complexity index is 3630. The van der Waals surface area contributed by atoms with E-state index in [-0.39, 0.29) is 0 Å². The predicted molar refractivity (Wildman–Crippen MR) is 313 cm³/mol. The molecule has 0 bridgehead atoms. The maximum absolute atomic E-state index is 5.02. The fraction of sp³-hybridized carbons (Fsp3) is 0.250. The van der Waals surface area contributed by atoms with Crippen molar-refractivity contribution in [3.63, 3.8) is 0 Å². The Balaban J connectivity index is 2.99. The van der Waals surface area contributed by atoms with Crippen LogP contribution >= 0.6 is 0 Å². The minimum absolute atomic E-state index is 0.488. The Hall–Kier alpha value is -12.1. The number of rotatable bonds is 12. The first kappa shape index (κ1) is 63.9. The highest BCUT2D eigenvalue weighted by molar-refractivity contribution is 5.49. The van der Waals surface area contributed by atoms with Crippen LogP contribution in [0.4, 0.5) is 0 Å². The van der Waals surface area contributed by atoms with E-state index < -0.39 is 0 Å². The number of hydrogen-bond donors (Lipinski definition) is 0. The fourth-order valence-corrected chi connectivity index (χ4v) is 5.51. The van der Waals surface area contributed by atoms with Crippen LogP contribution in [0.25, 0.3) is 0 Å². The zero-order valence-corrected chi connectivity index (χ0v) is 44.4. The van der Waals surface area contributed by atoms with Crippen molar-refractivity contribution in [3.8, 4) is 322 Å². The van der Waals surface area contributed by atoms with Gasteiger partial charge >= 0.3 is 0 Å². The van der Waals surface area contributed by atoms with Crippen molar-refractivity contribution >= 4 is 0 Å². The second-order valence-electron chi connectivity index (χ2n) is 16.3. The van der Waals surface area contributed by atoms with Gasteiger partial charge in [-0.15, -0.1) is 19.3 Å². The van der Waals surface area contributed by atoms with E-state index in [0.29, 0.717) is 13.4 Å². The average Bonchev–Trinajstić information content (AvgIpc) is 3.40. The van der Waals surface area contributed by atoms with Crippen LogP contribution in [-0.2, 0) is 0 Å². The van der Waals surface area contributed by atoms with Crippen molar-refractivity contribution < 1.29 is 13.4 Å². The lowest BCUT2D eigenvalue weighted by Gasteiger charge is -2.43. The second-order valence-corrected chi connectivity index (χ2v) is 16.3. The third kappa shape index (κ3) is 41.6. The molecule has 0 atom stereocenters. The lowest BCUT2D eigenvalue weighted by atomic mass is 10.3. The van der Waals surface area contributed by atoms with Gasteiger partial charge in [-0.05, 0) is 142 Å². The molecule has 1 rings (SSSR count). The monoisotopic (exact) mass is 993 g/mol. The van der Waals surface area contributed by atoms with Crippen LogP contribution in [0.1, 0.15) is 19.3 Å². The van der Waals surface area contributed by atoms with Crippen molar-refractivity contribution in [1.29, 1.82) is 0 Å². The van der Waals surface area contributed by atoms with Crippen molar-refractivity contribution in [2.75, 3.05) is 102 Å². The summed E-state index contributed by atoms with van der Waals surface area (Å²) in [5.74, 6) is 123. The van der Waals surface area contributed by atoms with Gasteiger partial charge in [-0.25, -0.2) is 0 Å². The molecule has 0 unspecified atom stereocenters. The molecule has 0 aromatic heterocycles. The van der Waals surface area contributed by atoms with Crippen molar-refractivity contribution in [2.24, 2.45) is 0 Å². The molecule has 1 fully saturated rings. The van der Waals surface area contributed by atoms with E-state index in [1.165, 1.54) is 0 Å². The van der Waals surface area contributed by atoms with Gasteiger partial charge in [0.25, 0.3) is 0 Å². The van der Waals surface area contributed by atoms with E-state index >= 15 is 0 Å². The molecule has 1 aliphatic rings. The summed E-state index contributed by atoms with van der Waals surface area (Å²) in [6, 6.07) is 9.71. The number of nitrogens with zero attached hydrogens (tertiary/aromatic N) is 6. The number of quaternary nitrogens is 3. The Kier molecular flexibility index (Phi) is 35.8. The summed E-state index contributed by atoms with van der Waals surface area (Å²) in [5, 5.41) is 0. The molecule has 1 heterocycles. The molecule has 0 aliphatic carbocycles. The van der Waals surface area contributed by atoms with E-state index in [4.69, 9.17) is 19.3 Å². The summed E-state index contributed by atoms with van der Waals surface area (Å²) < 4.78 is 1.46. The largest absolute Gasteiger partial charge is 0.277 e. The van der Waals surface area contributed by atoms with Crippen LogP contribution in [0.15, 0.2) is 0 Å². The zero-order valence-electron chi connectivity index (χ0n) is 44.4. The normalized spacial score (nSPS) is 9.12. The van der Waals surface area contributed by atoms with Gasteiger partial charge in [0.1, 0.15) is 0 Å². The van der Waals surface area contributed by atoms with Gasteiger partial charge < -0.3 is 0 Å². The summed E-state index contributed by atoms with van der Waals surface area (Å²) in [7, 11) is 12.4. The third-order valence-electron chi connectivity index (χ3n) is 8.69. The molecular weight excluding hydrogens is 949 g/mol. The summed E-state index contributed by atoms with van der Waals surface area (Å²) in [6.45, 7) is 7.79. The standard InChI is InChI=1S/C72H45N6/c1-10-13-16-19-22-25-28-31-34-37-40-43-46-49-52-55-64-76(4,5)67-58-61-73-70-74(62-59-68-77(6,7)65-56-53-50-47-44-41-38-35-32-29-26-23-20-17-14-11-2)72-75(71-73)63-60-69-78(8,9)66-57-54-51-48-45-42-39-36-33-30-27-24-21-18-15-12-3/h1-3H,58-63,67-72H2,4-9H3/q+3. The molecule has 0 radical (unpaired) electrons. The smallest absolute Gasteiger partial charge is 0.151 e. The van der Waals surface area contributed by atoms with Gasteiger partial charge in [-0.2, -0.15) is 0 Å². The van der Waals surface area contributed by atoms with Crippen LogP contribution in [0.3, 0.4) is 0 Å². The van der Waals surface area contributed by atoms with Crippen LogP contribution in [0.5, 0.6) is 0 Å². The van der Waals surface area contributed by atoms with E-state index in [2.05, 4.69) is 359 Å². The van der Waals surface area contributed by atoms with Crippen LogP contribution in [0.2, 0.25) is 0 Å². The molecule has 1 saturated heterocycles. The third-order valence-corrected chi connectivity index (χ3v) is 8.69. The summed E-state index contributed by atoms with van der Waals surface area (Å²) in [4.78, 5) is 7.48. The van der Waals surface area contributed by atoms with Crippen LogP contribution < -0.4 is 0 Å². The molecule has 0 aromatic carbocycles. The first-order valence-corrected chi connectivity index (χ1v) is 23.0.